The van der Waals surface area contributed by atoms with Crippen LogP contribution in [0.5, 0.6) is 0 Å². The van der Waals surface area contributed by atoms with Crippen LogP contribution in [0.3, 0.4) is 0 Å². The Morgan fingerprint density at radius 1 is 1.19 bits per heavy atom. The fourth-order valence-electron chi connectivity index (χ4n) is 3.45. The number of amides is 1. The largest absolute Gasteiger partial charge is 0.465 e. The van der Waals surface area contributed by atoms with Gasteiger partial charge in [-0.15, -0.1) is 22.7 Å². The van der Waals surface area contributed by atoms with Crippen molar-refractivity contribution in [3.8, 4) is 0 Å². The second-order valence-electron chi connectivity index (χ2n) is 6.61. The van der Waals surface area contributed by atoms with Gasteiger partial charge in [0.15, 0.2) is 0 Å². The predicted octanol–water partition coefficient (Wildman–Crippen LogP) is 5.84. The molecule has 1 aliphatic carbocycles. The molecule has 27 heavy (non-hydrogen) atoms. The van der Waals surface area contributed by atoms with Crippen molar-refractivity contribution < 1.29 is 14.3 Å². The number of benzene rings is 1. The number of hydrogen-bond donors (Lipinski definition) is 1. The molecule has 0 atom stereocenters. The number of hydrogen-bond acceptors (Lipinski definition) is 5. The van der Waals surface area contributed by atoms with Gasteiger partial charge in [-0.05, 0) is 49.8 Å². The molecule has 7 heteroatoms. The van der Waals surface area contributed by atoms with Crippen LogP contribution in [-0.4, -0.2) is 19.0 Å². The van der Waals surface area contributed by atoms with Crippen molar-refractivity contribution in [3.05, 3.63) is 49.7 Å². The van der Waals surface area contributed by atoms with E-state index in [1.165, 1.54) is 29.8 Å². The molecule has 2 heterocycles. The Morgan fingerprint density at radius 2 is 1.96 bits per heavy atom. The van der Waals surface area contributed by atoms with Crippen LogP contribution in [0.4, 0.5) is 5.00 Å². The van der Waals surface area contributed by atoms with Gasteiger partial charge in [0, 0.05) is 15.0 Å². The van der Waals surface area contributed by atoms with Crippen LogP contribution in [0.25, 0.3) is 10.1 Å². The molecule has 1 aromatic carbocycles. The first-order valence-corrected chi connectivity index (χ1v) is 10.7. The summed E-state index contributed by atoms with van der Waals surface area (Å²) in [5.41, 5.74) is 2.64. The molecule has 0 spiro atoms. The fourth-order valence-corrected chi connectivity index (χ4v) is 6.23. The van der Waals surface area contributed by atoms with Crippen molar-refractivity contribution in [3.63, 3.8) is 0 Å². The highest BCUT2D eigenvalue weighted by molar-refractivity contribution is 7.22. The molecule has 0 radical (unpaired) electrons. The number of carbonyl (C=O) groups is 2. The first-order chi connectivity index (χ1) is 13.0. The van der Waals surface area contributed by atoms with Gasteiger partial charge < -0.3 is 10.1 Å². The lowest BCUT2D eigenvalue weighted by molar-refractivity contribution is 0.0601. The van der Waals surface area contributed by atoms with Crippen molar-refractivity contribution in [1.29, 1.82) is 0 Å². The van der Waals surface area contributed by atoms with Gasteiger partial charge in [0.1, 0.15) is 9.88 Å². The Morgan fingerprint density at radius 3 is 2.74 bits per heavy atom. The minimum atomic E-state index is -0.400. The number of halogens is 1. The van der Waals surface area contributed by atoms with Gasteiger partial charge in [-0.25, -0.2) is 4.79 Å². The maximum Gasteiger partial charge on any atom is 0.341 e. The zero-order valence-electron chi connectivity index (χ0n) is 15.0. The SMILES string of the molecule is COC(=O)c1c(NC(=O)c2sc3cc(C)ccc3c2Cl)sc2c1CCCC2. The van der Waals surface area contributed by atoms with Crippen LogP contribution in [-0.2, 0) is 17.6 Å². The van der Waals surface area contributed by atoms with Crippen LogP contribution in [0.1, 0.15) is 48.9 Å². The molecule has 0 bridgehead atoms. The van der Waals surface area contributed by atoms with Crippen molar-refractivity contribution in [2.75, 3.05) is 12.4 Å². The van der Waals surface area contributed by atoms with Gasteiger partial charge in [0.25, 0.3) is 5.91 Å². The molecule has 1 N–H and O–H groups in total. The molecule has 0 unspecified atom stereocenters. The van der Waals surface area contributed by atoms with E-state index in [4.69, 9.17) is 16.3 Å². The summed E-state index contributed by atoms with van der Waals surface area (Å²) >= 11 is 9.30. The minimum absolute atomic E-state index is 0.289. The van der Waals surface area contributed by atoms with E-state index in [-0.39, 0.29) is 5.91 Å². The number of thiophene rings is 2. The van der Waals surface area contributed by atoms with Crippen molar-refractivity contribution in [2.24, 2.45) is 0 Å². The molecule has 1 aliphatic rings. The monoisotopic (exact) mass is 419 g/mol. The molecule has 140 valence electrons. The fraction of sp³-hybridized carbons (Fsp3) is 0.300. The minimum Gasteiger partial charge on any atom is -0.465 e. The van der Waals surface area contributed by atoms with E-state index in [1.54, 1.807) is 0 Å². The molecule has 4 rings (SSSR count). The molecular formula is C20H18ClNO3S2. The number of rotatable bonds is 3. The van der Waals surface area contributed by atoms with E-state index in [2.05, 4.69) is 5.32 Å². The smallest absolute Gasteiger partial charge is 0.341 e. The Labute approximate surface area is 170 Å². The Balaban J connectivity index is 1.72. The molecular weight excluding hydrogens is 402 g/mol. The van der Waals surface area contributed by atoms with E-state index in [1.807, 2.05) is 25.1 Å². The van der Waals surface area contributed by atoms with Crippen LogP contribution >= 0.6 is 34.3 Å². The van der Waals surface area contributed by atoms with Crippen LogP contribution in [0.15, 0.2) is 18.2 Å². The lowest BCUT2D eigenvalue weighted by Gasteiger charge is -2.11. The third-order valence-electron chi connectivity index (χ3n) is 4.78. The number of esters is 1. The van der Waals surface area contributed by atoms with Crippen LogP contribution in [0, 0.1) is 6.92 Å². The van der Waals surface area contributed by atoms with E-state index in [0.29, 0.717) is 20.5 Å². The summed E-state index contributed by atoms with van der Waals surface area (Å²) in [6, 6.07) is 5.93. The summed E-state index contributed by atoms with van der Waals surface area (Å²) < 4.78 is 5.94. The average Bonchev–Trinajstić information content (AvgIpc) is 3.18. The number of fused-ring (bicyclic) bond motifs is 2. The summed E-state index contributed by atoms with van der Waals surface area (Å²) in [5.74, 6) is -0.689. The third-order valence-corrected chi connectivity index (χ3v) is 7.64. The summed E-state index contributed by atoms with van der Waals surface area (Å²) in [6.07, 6.45) is 3.92. The van der Waals surface area contributed by atoms with E-state index >= 15 is 0 Å². The molecule has 0 fully saturated rings. The lowest BCUT2D eigenvalue weighted by Crippen LogP contribution is -2.14. The van der Waals surface area contributed by atoms with E-state index < -0.39 is 5.97 Å². The Hall–Kier alpha value is -1.89. The van der Waals surface area contributed by atoms with Crippen molar-refractivity contribution >= 4 is 61.2 Å². The van der Waals surface area contributed by atoms with Crippen molar-refractivity contribution in [2.45, 2.75) is 32.6 Å². The molecule has 0 saturated heterocycles. The highest BCUT2D eigenvalue weighted by Crippen LogP contribution is 2.40. The number of anilines is 1. The van der Waals surface area contributed by atoms with Gasteiger partial charge in [0.05, 0.1) is 17.7 Å². The van der Waals surface area contributed by atoms with Crippen LogP contribution in [0.2, 0.25) is 5.02 Å². The topological polar surface area (TPSA) is 55.4 Å². The van der Waals surface area contributed by atoms with Gasteiger partial charge >= 0.3 is 5.97 Å². The van der Waals surface area contributed by atoms with E-state index in [9.17, 15) is 9.59 Å². The number of aryl methyl sites for hydroxylation is 2. The van der Waals surface area contributed by atoms with Gasteiger partial charge in [0.2, 0.25) is 0 Å². The predicted molar refractivity (Wildman–Crippen MR) is 112 cm³/mol. The third kappa shape index (κ3) is 3.26. The summed E-state index contributed by atoms with van der Waals surface area (Å²) in [6.45, 7) is 2.01. The molecule has 0 aliphatic heterocycles. The normalized spacial score (nSPS) is 13.4. The highest BCUT2D eigenvalue weighted by atomic mass is 35.5. The summed E-state index contributed by atoms with van der Waals surface area (Å²) in [4.78, 5) is 26.9. The highest BCUT2D eigenvalue weighted by Gasteiger charge is 2.28. The number of methoxy groups -OCH3 is 1. The summed E-state index contributed by atoms with van der Waals surface area (Å²) in [7, 11) is 1.37. The molecule has 4 nitrogen and oxygen atoms in total. The summed E-state index contributed by atoms with van der Waals surface area (Å²) in [5, 5.41) is 4.80. The number of nitrogens with one attached hydrogen (secondary N) is 1. The zero-order valence-corrected chi connectivity index (χ0v) is 17.4. The Kier molecular flexibility index (Phi) is 4.97. The first kappa shape index (κ1) is 18.5. The molecule has 3 aromatic rings. The average molecular weight is 420 g/mol. The van der Waals surface area contributed by atoms with Gasteiger partial charge in [-0.2, -0.15) is 0 Å². The zero-order chi connectivity index (χ0) is 19.1. The number of carbonyl (C=O) groups excluding carboxylic acids is 2. The molecule has 2 aromatic heterocycles. The first-order valence-electron chi connectivity index (χ1n) is 8.72. The molecule has 0 saturated carbocycles. The van der Waals surface area contributed by atoms with E-state index in [0.717, 1.165) is 51.8 Å². The van der Waals surface area contributed by atoms with Crippen LogP contribution < -0.4 is 5.32 Å². The standard InChI is InChI=1S/C20H18ClNO3S2/c1-10-7-8-12-14(9-10)26-17(16(12)21)18(23)22-19-15(20(24)25-2)11-5-3-4-6-13(11)27-19/h7-9H,3-6H2,1-2H3,(H,22,23). The molecule has 1 amide bonds. The van der Waals surface area contributed by atoms with Crippen molar-refractivity contribution in [1.82, 2.24) is 0 Å². The number of ether oxygens (including phenoxy) is 1. The second-order valence-corrected chi connectivity index (χ2v) is 9.14. The second kappa shape index (κ2) is 7.26. The Bertz CT molecular complexity index is 1070. The maximum atomic E-state index is 12.9. The lowest BCUT2D eigenvalue weighted by atomic mass is 9.95. The quantitative estimate of drug-likeness (QED) is 0.542. The van der Waals surface area contributed by atoms with Gasteiger partial charge in [-0.1, -0.05) is 23.7 Å². The van der Waals surface area contributed by atoms with Gasteiger partial charge in [-0.3, -0.25) is 4.79 Å². The maximum absolute atomic E-state index is 12.9.